The summed E-state index contributed by atoms with van der Waals surface area (Å²) in [6.07, 6.45) is 8.95. The number of rotatable bonds is 7. The van der Waals surface area contributed by atoms with Gasteiger partial charge in [-0.3, -0.25) is 14.4 Å². The molecule has 0 radical (unpaired) electrons. The van der Waals surface area contributed by atoms with Crippen LogP contribution in [0.4, 0.5) is 5.69 Å². The fraction of sp³-hybridized carbons (Fsp3) is 0.348. The summed E-state index contributed by atoms with van der Waals surface area (Å²) >= 11 is 0. The molecule has 1 aliphatic heterocycles. The summed E-state index contributed by atoms with van der Waals surface area (Å²) in [5.41, 5.74) is 3.34. The lowest BCUT2D eigenvalue weighted by molar-refractivity contribution is -0.129. The van der Waals surface area contributed by atoms with Crippen molar-refractivity contribution in [1.29, 1.82) is 0 Å². The van der Waals surface area contributed by atoms with Crippen molar-refractivity contribution in [3.8, 4) is 11.1 Å². The molecular weight excluding hydrogens is 394 g/mol. The summed E-state index contributed by atoms with van der Waals surface area (Å²) in [4.78, 5) is 48.7. The zero-order valence-corrected chi connectivity index (χ0v) is 17.5. The molecule has 1 fully saturated rings. The standard InChI is InChI=1S/C23H25N5O3/c1-27(20-8-9-20)23(31)22-17(14-29)3-2-10-28(22)13-21(30)26-19-6-4-16(5-7-19)18-11-24-15-25-12-18/h4-7,11-12,14-15,20H,2-3,8-10,13H2,1H3,(H,26,30). The average molecular weight is 419 g/mol. The van der Waals surface area contributed by atoms with Gasteiger partial charge in [-0.25, -0.2) is 9.97 Å². The van der Waals surface area contributed by atoms with Gasteiger partial charge in [0.1, 0.15) is 18.3 Å². The third-order valence-electron chi connectivity index (χ3n) is 5.65. The molecule has 2 amide bonds. The van der Waals surface area contributed by atoms with E-state index >= 15 is 0 Å². The minimum Gasteiger partial charge on any atom is -0.357 e. The van der Waals surface area contributed by atoms with Gasteiger partial charge < -0.3 is 15.1 Å². The molecule has 4 rings (SSSR count). The highest BCUT2D eigenvalue weighted by molar-refractivity contribution is 6.00. The number of allylic oxidation sites excluding steroid dienone is 1. The van der Waals surface area contributed by atoms with Crippen molar-refractivity contribution in [1.82, 2.24) is 19.8 Å². The monoisotopic (exact) mass is 419 g/mol. The van der Waals surface area contributed by atoms with Crippen LogP contribution in [0.2, 0.25) is 0 Å². The van der Waals surface area contributed by atoms with Crippen molar-refractivity contribution in [3.05, 3.63) is 54.3 Å². The Hall–Kier alpha value is -3.55. The number of likely N-dealkylation sites (N-methyl/N-ethyl adjacent to an activating group) is 1. The lowest BCUT2D eigenvalue weighted by atomic mass is 10.0. The number of nitrogens with one attached hydrogen (secondary N) is 1. The first-order valence-corrected chi connectivity index (χ1v) is 10.4. The highest BCUT2D eigenvalue weighted by Crippen LogP contribution is 2.30. The number of hydrogen-bond acceptors (Lipinski definition) is 6. The van der Waals surface area contributed by atoms with Crippen molar-refractivity contribution >= 4 is 23.8 Å². The van der Waals surface area contributed by atoms with Gasteiger partial charge in [-0.15, -0.1) is 0 Å². The van der Waals surface area contributed by atoms with Crippen molar-refractivity contribution in [2.75, 3.05) is 25.5 Å². The molecule has 2 heterocycles. The van der Waals surface area contributed by atoms with Crippen LogP contribution in [0.3, 0.4) is 0 Å². The van der Waals surface area contributed by atoms with Crippen LogP contribution in [0.25, 0.3) is 11.1 Å². The summed E-state index contributed by atoms with van der Waals surface area (Å²) in [6.45, 7) is 0.586. The molecule has 0 saturated heterocycles. The highest BCUT2D eigenvalue weighted by Gasteiger charge is 2.35. The number of carbonyl (C=O) groups is 3. The predicted octanol–water partition coefficient (Wildman–Crippen LogP) is 2.25. The van der Waals surface area contributed by atoms with E-state index in [1.54, 1.807) is 29.2 Å². The maximum Gasteiger partial charge on any atom is 0.270 e. The minimum atomic E-state index is -0.234. The van der Waals surface area contributed by atoms with E-state index in [1.807, 2.05) is 24.3 Å². The topological polar surface area (TPSA) is 95.5 Å². The number of benzene rings is 1. The third kappa shape index (κ3) is 4.79. The molecule has 31 heavy (non-hydrogen) atoms. The Morgan fingerprint density at radius 2 is 1.87 bits per heavy atom. The van der Waals surface area contributed by atoms with E-state index in [4.69, 9.17) is 0 Å². The van der Waals surface area contributed by atoms with Gasteiger partial charge in [-0.1, -0.05) is 12.1 Å². The first-order valence-electron chi connectivity index (χ1n) is 10.4. The second-order valence-corrected chi connectivity index (χ2v) is 7.92. The number of nitrogens with zero attached hydrogens (tertiary/aromatic N) is 4. The van der Waals surface area contributed by atoms with E-state index in [9.17, 15) is 14.4 Å². The molecule has 160 valence electrons. The van der Waals surface area contributed by atoms with Crippen LogP contribution in [-0.2, 0) is 14.4 Å². The van der Waals surface area contributed by atoms with E-state index in [1.165, 1.54) is 6.33 Å². The van der Waals surface area contributed by atoms with E-state index < -0.39 is 0 Å². The van der Waals surface area contributed by atoms with Gasteiger partial charge in [0.05, 0.1) is 6.54 Å². The summed E-state index contributed by atoms with van der Waals surface area (Å²) in [5.74, 6) is -0.408. The number of aromatic nitrogens is 2. The SMILES string of the molecule is CN(C(=O)C1=C(C=O)CCCN1CC(=O)Nc1ccc(-c2cncnc2)cc1)C1CC1. The molecular formula is C23H25N5O3. The van der Waals surface area contributed by atoms with Gasteiger partial charge in [-0.2, -0.15) is 0 Å². The number of amides is 2. The van der Waals surface area contributed by atoms with Crippen LogP contribution in [-0.4, -0.2) is 64.0 Å². The molecule has 1 aromatic heterocycles. The molecule has 0 unspecified atom stereocenters. The van der Waals surface area contributed by atoms with Crippen LogP contribution >= 0.6 is 0 Å². The third-order valence-corrected chi connectivity index (χ3v) is 5.65. The van der Waals surface area contributed by atoms with Crippen molar-refractivity contribution in [2.45, 2.75) is 31.7 Å². The van der Waals surface area contributed by atoms with E-state index in [2.05, 4.69) is 15.3 Å². The molecule has 1 aromatic carbocycles. The van der Waals surface area contributed by atoms with E-state index in [-0.39, 0.29) is 24.4 Å². The van der Waals surface area contributed by atoms with Gasteiger partial charge in [-0.05, 0) is 43.4 Å². The second kappa shape index (κ2) is 9.07. The first-order chi connectivity index (χ1) is 15.1. The Balaban J connectivity index is 1.44. The summed E-state index contributed by atoms with van der Waals surface area (Å²) in [7, 11) is 1.77. The lowest BCUT2D eigenvalue weighted by Crippen LogP contribution is -2.43. The fourth-order valence-corrected chi connectivity index (χ4v) is 3.80. The smallest absolute Gasteiger partial charge is 0.270 e. The Kier molecular flexibility index (Phi) is 6.06. The van der Waals surface area contributed by atoms with E-state index in [0.717, 1.165) is 36.7 Å². The normalized spacial score (nSPS) is 16.1. The number of carbonyl (C=O) groups excluding carboxylic acids is 3. The Morgan fingerprint density at radius 1 is 1.16 bits per heavy atom. The van der Waals surface area contributed by atoms with Gasteiger partial charge in [0.25, 0.3) is 5.91 Å². The number of hydrogen-bond donors (Lipinski definition) is 1. The molecule has 8 nitrogen and oxygen atoms in total. The second-order valence-electron chi connectivity index (χ2n) is 7.92. The van der Waals surface area contributed by atoms with Crippen LogP contribution in [0.5, 0.6) is 0 Å². The van der Waals surface area contributed by atoms with Gasteiger partial charge in [0.2, 0.25) is 5.91 Å². The number of aldehydes is 1. The highest BCUT2D eigenvalue weighted by atomic mass is 16.2. The van der Waals surface area contributed by atoms with Crippen LogP contribution in [0.1, 0.15) is 25.7 Å². The summed E-state index contributed by atoms with van der Waals surface area (Å²) < 4.78 is 0. The molecule has 2 aliphatic rings. The van der Waals surface area contributed by atoms with Crippen molar-refractivity contribution in [2.24, 2.45) is 0 Å². The van der Waals surface area contributed by atoms with Gasteiger partial charge in [0.15, 0.2) is 0 Å². The largest absolute Gasteiger partial charge is 0.357 e. The minimum absolute atomic E-state index is 0.0190. The van der Waals surface area contributed by atoms with Gasteiger partial charge in [0, 0.05) is 48.9 Å². The maximum absolute atomic E-state index is 13.0. The average Bonchev–Trinajstić information content (AvgIpc) is 3.64. The lowest BCUT2D eigenvalue weighted by Gasteiger charge is -2.33. The van der Waals surface area contributed by atoms with Crippen LogP contribution in [0, 0.1) is 0 Å². The molecule has 0 atom stereocenters. The Labute approximate surface area is 181 Å². The van der Waals surface area contributed by atoms with Gasteiger partial charge >= 0.3 is 0 Å². The Bertz CT molecular complexity index is 1000. The fourth-order valence-electron chi connectivity index (χ4n) is 3.80. The molecule has 0 bridgehead atoms. The molecule has 1 aliphatic carbocycles. The first kappa shape index (κ1) is 20.7. The maximum atomic E-state index is 13.0. The van der Waals surface area contributed by atoms with Crippen molar-refractivity contribution < 1.29 is 14.4 Å². The Morgan fingerprint density at radius 3 is 2.52 bits per heavy atom. The quantitative estimate of drug-likeness (QED) is 0.692. The number of anilines is 1. The molecule has 0 spiro atoms. The van der Waals surface area contributed by atoms with Crippen LogP contribution < -0.4 is 5.32 Å². The molecule has 1 N–H and O–H groups in total. The van der Waals surface area contributed by atoms with Crippen LogP contribution in [0.15, 0.2) is 54.3 Å². The predicted molar refractivity (Wildman–Crippen MR) is 116 cm³/mol. The zero-order chi connectivity index (χ0) is 21.8. The molecule has 1 saturated carbocycles. The molecule has 2 aromatic rings. The summed E-state index contributed by atoms with van der Waals surface area (Å²) in [6, 6.07) is 7.64. The molecule has 8 heteroatoms. The zero-order valence-electron chi connectivity index (χ0n) is 17.5. The van der Waals surface area contributed by atoms with E-state index in [0.29, 0.717) is 29.9 Å². The van der Waals surface area contributed by atoms with Crippen molar-refractivity contribution in [3.63, 3.8) is 0 Å². The summed E-state index contributed by atoms with van der Waals surface area (Å²) in [5, 5.41) is 2.88.